The van der Waals surface area contributed by atoms with Gasteiger partial charge in [-0.2, -0.15) is 0 Å². The highest BCUT2D eigenvalue weighted by atomic mass is 35.5. The number of rotatable bonds is 2. The summed E-state index contributed by atoms with van der Waals surface area (Å²) in [5.41, 5.74) is 0.737. The van der Waals surface area contributed by atoms with Crippen LogP contribution in [0.1, 0.15) is 19.4 Å². The minimum Gasteiger partial charge on any atom is -0.375 e. The van der Waals surface area contributed by atoms with E-state index in [4.69, 9.17) is 27.9 Å². The summed E-state index contributed by atoms with van der Waals surface area (Å²) in [7, 11) is 0. The Morgan fingerprint density at radius 1 is 1.40 bits per heavy atom. The lowest BCUT2D eigenvalue weighted by Crippen LogP contribution is -2.49. The van der Waals surface area contributed by atoms with Gasteiger partial charge in [0.2, 0.25) is 5.91 Å². The zero-order chi connectivity index (χ0) is 14.7. The molecular formula is C15H17Cl2NO2. The molecule has 1 aliphatic heterocycles. The molecule has 0 bridgehead atoms. The normalized spacial score (nSPS) is 23.3. The topological polar surface area (TPSA) is 29.5 Å². The van der Waals surface area contributed by atoms with E-state index in [1.54, 1.807) is 18.2 Å². The molecule has 2 atom stereocenters. The average Bonchev–Trinajstić information content (AvgIpc) is 2.43. The molecule has 1 saturated heterocycles. The highest BCUT2D eigenvalue weighted by molar-refractivity contribution is 6.42. The van der Waals surface area contributed by atoms with Crippen molar-refractivity contribution in [3.8, 4) is 0 Å². The van der Waals surface area contributed by atoms with Crippen LogP contribution in [0.5, 0.6) is 0 Å². The Bertz CT molecular complexity index is 531. The zero-order valence-corrected chi connectivity index (χ0v) is 13.0. The number of benzene rings is 1. The van der Waals surface area contributed by atoms with Gasteiger partial charge in [0.15, 0.2) is 0 Å². The molecule has 0 aromatic heterocycles. The Balaban J connectivity index is 2.10. The van der Waals surface area contributed by atoms with Crippen LogP contribution in [-0.4, -0.2) is 36.1 Å². The summed E-state index contributed by atoms with van der Waals surface area (Å²) in [4.78, 5) is 14.0. The molecule has 1 heterocycles. The predicted molar refractivity (Wildman–Crippen MR) is 82.1 cm³/mol. The Labute approximate surface area is 129 Å². The van der Waals surface area contributed by atoms with Gasteiger partial charge < -0.3 is 9.64 Å². The Morgan fingerprint density at radius 2 is 2.15 bits per heavy atom. The van der Waals surface area contributed by atoms with E-state index in [1.165, 1.54) is 6.08 Å². The number of carbonyl (C=O) groups excluding carboxylic acids is 1. The first-order valence-corrected chi connectivity index (χ1v) is 7.29. The number of amides is 1. The first-order chi connectivity index (χ1) is 9.49. The summed E-state index contributed by atoms with van der Waals surface area (Å²) in [5, 5.41) is 0.941. The van der Waals surface area contributed by atoms with Crippen molar-refractivity contribution in [3.63, 3.8) is 0 Å². The third kappa shape index (κ3) is 3.54. The van der Waals surface area contributed by atoms with Gasteiger partial charge in [-0.25, -0.2) is 0 Å². The van der Waals surface area contributed by atoms with Crippen LogP contribution in [0.15, 0.2) is 24.3 Å². The lowest BCUT2D eigenvalue weighted by molar-refractivity contribution is -0.137. The highest BCUT2D eigenvalue weighted by Crippen LogP contribution is 2.26. The smallest absolute Gasteiger partial charge is 0.246 e. The summed E-state index contributed by atoms with van der Waals surface area (Å²) < 4.78 is 5.51. The van der Waals surface area contributed by atoms with Crippen LogP contribution in [0.3, 0.4) is 0 Å². The first kappa shape index (κ1) is 15.4. The van der Waals surface area contributed by atoms with E-state index in [9.17, 15) is 4.79 Å². The number of hydrogen-bond acceptors (Lipinski definition) is 2. The number of ether oxygens (including phenoxy) is 1. The zero-order valence-electron chi connectivity index (χ0n) is 11.5. The van der Waals surface area contributed by atoms with E-state index in [1.807, 2.05) is 24.8 Å². The van der Waals surface area contributed by atoms with Gasteiger partial charge in [0.25, 0.3) is 0 Å². The van der Waals surface area contributed by atoms with Crippen molar-refractivity contribution in [1.82, 2.24) is 4.90 Å². The van der Waals surface area contributed by atoms with Crippen LogP contribution in [-0.2, 0) is 9.53 Å². The number of halogens is 2. The predicted octanol–water partition coefficient (Wildman–Crippen LogP) is 3.64. The van der Waals surface area contributed by atoms with Gasteiger partial charge in [0, 0.05) is 12.6 Å². The molecule has 0 saturated carbocycles. The molecule has 0 radical (unpaired) electrons. The van der Waals surface area contributed by atoms with Gasteiger partial charge in [0.05, 0.1) is 28.8 Å². The second kappa shape index (κ2) is 6.61. The molecular weight excluding hydrogens is 297 g/mol. The van der Waals surface area contributed by atoms with Gasteiger partial charge >= 0.3 is 0 Å². The van der Waals surface area contributed by atoms with E-state index in [-0.39, 0.29) is 18.1 Å². The van der Waals surface area contributed by atoms with Crippen molar-refractivity contribution in [3.05, 3.63) is 39.9 Å². The summed E-state index contributed by atoms with van der Waals surface area (Å²) in [6.45, 7) is 5.11. The molecule has 1 aromatic rings. The minimum atomic E-state index is -0.0382. The number of nitrogens with zero attached hydrogens (tertiary/aromatic N) is 1. The Kier molecular flexibility index (Phi) is 5.08. The van der Waals surface area contributed by atoms with Crippen LogP contribution in [0.25, 0.3) is 6.08 Å². The largest absolute Gasteiger partial charge is 0.375 e. The van der Waals surface area contributed by atoms with Gasteiger partial charge in [0.1, 0.15) is 0 Å². The number of hydrogen-bond donors (Lipinski definition) is 0. The van der Waals surface area contributed by atoms with Crippen molar-refractivity contribution in [2.75, 3.05) is 13.2 Å². The third-order valence-corrected chi connectivity index (χ3v) is 4.11. The van der Waals surface area contributed by atoms with Crippen LogP contribution < -0.4 is 0 Å². The van der Waals surface area contributed by atoms with E-state index in [0.717, 1.165) is 5.56 Å². The van der Waals surface area contributed by atoms with E-state index < -0.39 is 0 Å². The van der Waals surface area contributed by atoms with Crippen LogP contribution in [0.4, 0.5) is 0 Å². The summed E-state index contributed by atoms with van der Waals surface area (Å²) >= 11 is 12.0. The maximum Gasteiger partial charge on any atom is 0.246 e. The van der Waals surface area contributed by atoms with Crippen LogP contribution >= 0.6 is 23.2 Å². The van der Waals surface area contributed by atoms with E-state index in [2.05, 4.69) is 0 Å². The molecule has 0 aliphatic carbocycles. The molecule has 0 N–H and O–H groups in total. The van der Waals surface area contributed by atoms with Gasteiger partial charge in [-0.15, -0.1) is 0 Å². The van der Waals surface area contributed by atoms with Gasteiger partial charge in [-0.05, 0) is 31.6 Å². The quantitative estimate of drug-likeness (QED) is 0.780. The molecule has 2 rings (SSSR count). The van der Waals surface area contributed by atoms with Crippen molar-refractivity contribution in [2.24, 2.45) is 0 Å². The fraction of sp³-hybridized carbons (Fsp3) is 0.400. The molecule has 5 heteroatoms. The molecule has 1 aliphatic rings. The fourth-order valence-electron chi connectivity index (χ4n) is 2.12. The van der Waals surface area contributed by atoms with Crippen molar-refractivity contribution >= 4 is 35.2 Å². The second-order valence-electron chi connectivity index (χ2n) is 4.96. The Morgan fingerprint density at radius 3 is 2.90 bits per heavy atom. The molecule has 108 valence electrons. The Hall–Kier alpha value is -1.03. The maximum absolute atomic E-state index is 12.2. The standard InChI is InChI=1S/C15H17Cl2NO2/c1-10-9-20-11(2)8-18(10)14(19)7-6-12-4-3-5-13(16)15(12)17/h3-7,10-11H,8-9H2,1-2H3/b7-6+/t10-,11-/m0/s1. The van der Waals surface area contributed by atoms with E-state index >= 15 is 0 Å². The van der Waals surface area contributed by atoms with Gasteiger partial charge in [-0.1, -0.05) is 35.3 Å². The molecule has 1 fully saturated rings. The van der Waals surface area contributed by atoms with Gasteiger partial charge in [-0.3, -0.25) is 4.79 Å². The monoisotopic (exact) mass is 313 g/mol. The molecule has 20 heavy (non-hydrogen) atoms. The van der Waals surface area contributed by atoms with Crippen molar-refractivity contribution in [1.29, 1.82) is 0 Å². The van der Waals surface area contributed by atoms with Crippen LogP contribution in [0, 0.1) is 0 Å². The highest BCUT2D eigenvalue weighted by Gasteiger charge is 2.25. The summed E-state index contributed by atoms with van der Waals surface area (Å²) in [6.07, 6.45) is 3.30. The molecule has 1 amide bonds. The van der Waals surface area contributed by atoms with Crippen molar-refractivity contribution in [2.45, 2.75) is 26.0 Å². The summed E-state index contributed by atoms with van der Waals surface area (Å²) in [5.74, 6) is -0.0382. The molecule has 0 spiro atoms. The van der Waals surface area contributed by atoms with Crippen LogP contribution in [0.2, 0.25) is 10.0 Å². The second-order valence-corrected chi connectivity index (χ2v) is 5.75. The lowest BCUT2D eigenvalue weighted by atomic mass is 10.1. The summed E-state index contributed by atoms with van der Waals surface area (Å²) in [6, 6.07) is 5.42. The third-order valence-electron chi connectivity index (χ3n) is 3.28. The molecule has 3 nitrogen and oxygen atoms in total. The lowest BCUT2D eigenvalue weighted by Gasteiger charge is -2.36. The maximum atomic E-state index is 12.2. The molecule has 0 unspecified atom stereocenters. The van der Waals surface area contributed by atoms with Crippen molar-refractivity contribution < 1.29 is 9.53 Å². The number of carbonyl (C=O) groups is 1. The number of morpholine rings is 1. The SMILES string of the molecule is C[C@H]1CN(C(=O)/C=C/c2cccc(Cl)c2Cl)[C@@H](C)CO1. The minimum absolute atomic E-state index is 0.0382. The van der Waals surface area contributed by atoms with E-state index in [0.29, 0.717) is 23.2 Å². The average molecular weight is 314 g/mol. The fourth-order valence-corrected chi connectivity index (χ4v) is 2.49. The first-order valence-electron chi connectivity index (χ1n) is 6.53. The molecule has 1 aromatic carbocycles.